The van der Waals surface area contributed by atoms with Gasteiger partial charge in [-0.3, -0.25) is 4.79 Å². The number of nitrogens with one attached hydrogen (secondary N) is 1. The maximum Gasteiger partial charge on any atom is 0.243 e. The number of anilines is 2. The molecule has 1 amide bonds. The summed E-state index contributed by atoms with van der Waals surface area (Å²) in [6.07, 6.45) is 3.44. The Morgan fingerprint density at radius 1 is 1.11 bits per heavy atom. The zero-order chi connectivity index (χ0) is 27.4. The van der Waals surface area contributed by atoms with Crippen molar-refractivity contribution in [2.24, 2.45) is 0 Å². The minimum absolute atomic E-state index is 0.175. The lowest BCUT2D eigenvalue weighted by molar-refractivity contribution is -0.113. The Labute approximate surface area is 226 Å². The third kappa shape index (κ3) is 5.82. The van der Waals surface area contributed by atoms with Gasteiger partial charge >= 0.3 is 0 Å². The fourth-order valence-electron chi connectivity index (χ4n) is 5.41. The van der Waals surface area contributed by atoms with Crippen LogP contribution in [0.2, 0.25) is 0 Å². The van der Waals surface area contributed by atoms with E-state index >= 15 is 0 Å². The van der Waals surface area contributed by atoms with Crippen LogP contribution in [0.3, 0.4) is 0 Å². The Morgan fingerprint density at radius 3 is 2.32 bits per heavy atom. The van der Waals surface area contributed by atoms with Crippen LogP contribution in [0, 0.1) is 0 Å². The van der Waals surface area contributed by atoms with Gasteiger partial charge in [0.1, 0.15) is 5.88 Å². The number of halogens is 1. The zero-order valence-electron chi connectivity index (χ0n) is 22.5. The van der Waals surface area contributed by atoms with Gasteiger partial charge in [0.15, 0.2) is 0 Å². The summed E-state index contributed by atoms with van der Waals surface area (Å²) < 4.78 is 29.7. The Bertz CT molecular complexity index is 1190. The van der Waals surface area contributed by atoms with Crippen molar-refractivity contribution in [2.75, 3.05) is 37.2 Å². The van der Waals surface area contributed by atoms with Crippen molar-refractivity contribution in [1.29, 1.82) is 0 Å². The first-order chi connectivity index (χ1) is 17.5. The number of alkyl halides is 1. The van der Waals surface area contributed by atoms with Crippen LogP contribution < -0.4 is 10.2 Å². The molecule has 7 nitrogen and oxygen atoms in total. The third-order valence-corrected chi connectivity index (χ3v) is 9.81. The van der Waals surface area contributed by atoms with Crippen molar-refractivity contribution in [1.82, 2.24) is 4.31 Å². The van der Waals surface area contributed by atoms with Gasteiger partial charge in [-0.05, 0) is 54.3 Å². The summed E-state index contributed by atoms with van der Waals surface area (Å²) in [4.78, 5) is 14.1. The molecule has 2 N–H and O–H groups in total. The summed E-state index contributed by atoms with van der Waals surface area (Å²) in [6, 6.07) is 12.6. The fourth-order valence-corrected chi connectivity index (χ4v) is 7.27. The molecule has 204 valence electrons. The summed E-state index contributed by atoms with van der Waals surface area (Å²) in [5, 5.41) is 15.1. The van der Waals surface area contributed by atoms with Gasteiger partial charge in [0, 0.05) is 38.4 Å². The Hall–Kier alpha value is -2.13. The maximum atomic E-state index is 14.2. The van der Waals surface area contributed by atoms with Gasteiger partial charge < -0.3 is 15.3 Å². The molecule has 0 aromatic heterocycles. The second kappa shape index (κ2) is 12.2. The van der Waals surface area contributed by atoms with E-state index in [0.717, 1.165) is 36.9 Å². The number of likely N-dealkylation sites (N-methyl/N-ethyl adjacent to an activating group) is 1. The third-order valence-electron chi connectivity index (χ3n) is 7.55. The second-order valence-corrected chi connectivity index (χ2v) is 12.3. The monoisotopic (exact) mass is 549 g/mol. The second-order valence-electron chi connectivity index (χ2n) is 10.1. The number of aliphatic hydroxyl groups is 1. The van der Waals surface area contributed by atoms with E-state index in [9.17, 15) is 18.3 Å². The molecule has 2 aromatic rings. The summed E-state index contributed by atoms with van der Waals surface area (Å²) in [5.41, 5.74) is 1.70. The molecule has 0 fully saturated rings. The first kappa shape index (κ1) is 29.4. The maximum absolute atomic E-state index is 14.2. The smallest absolute Gasteiger partial charge is 0.243 e. The summed E-state index contributed by atoms with van der Waals surface area (Å²) in [5.74, 6) is -1.14. The first-order valence-electron chi connectivity index (χ1n) is 13.0. The number of aliphatic hydroxyl groups excluding tert-OH is 1. The highest BCUT2D eigenvalue weighted by Gasteiger charge is 2.53. The largest absolute Gasteiger partial charge is 0.390 e. The summed E-state index contributed by atoms with van der Waals surface area (Å²) in [7, 11) is 1.52. The van der Waals surface area contributed by atoms with Gasteiger partial charge in [-0.2, -0.15) is 4.31 Å². The van der Waals surface area contributed by atoms with Crippen LogP contribution in [0.5, 0.6) is 0 Å². The van der Waals surface area contributed by atoms with Crippen LogP contribution in [0.1, 0.15) is 69.4 Å². The van der Waals surface area contributed by atoms with E-state index in [0.29, 0.717) is 24.1 Å². The predicted octanol–water partition coefficient (Wildman–Crippen LogP) is 5.18. The van der Waals surface area contributed by atoms with E-state index < -0.39 is 27.6 Å². The molecular weight excluding hydrogens is 510 g/mol. The molecule has 0 spiro atoms. The minimum atomic E-state index is -3.91. The van der Waals surface area contributed by atoms with Crippen LogP contribution in [0.4, 0.5) is 11.4 Å². The number of unbranched alkanes of at least 4 members (excludes halogenated alkanes) is 2. The molecule has 0 saturated carbocycles. The van der Waals surface area contributed by atoms with Crippen LogP contribution in [-0.4, -0.2) is 62.4 Å². The van der Waals surface area contributed by atoms with Crippen molar-refractivity contribution in [3.63, 3.8) is 0 Å². The van der Waals surface area contributed by atoms with Crippen LogP contribution >= 0.6 is 11.6 Å². The van der Waals surface area contributed by atoms with Crippen molar-refractivity contribution >= 4 is 38.9 Å². The number of fused-ring (bicyclic) bond motifs is 1. The SMILES string of the molecule is CCCCC1(CCCC)C(O)C(c2cccc(NC(=O)CCl)c2)c2cc(N(C)C)ccc2S(=O)(=O)N1C. The number of carbonyl (C=O) groups is 1. The molecule has 0 saturated heterocycles. The molecule has 2 atom stereocenters. The molecule has 37 heavy (non-hydrogen) atoms. The molecule has 1 aliphatic rings. The van der Waals surface area contributed by atoms with Gasteiger partial charge in [-0.15, -0.1) is 11.6 Å². The molecule has 9 heteroatoms. The number of rotatable bonds is 10. The van der Waals surface area contributed by atoms with Crippen LogP contribution in [0.15, 0.2) is 47.4 Å². The molecule has 1 aliphatic heterocycles. The number of nitrogens with zero attached hydrogens (tertiary/aromatic N) is 2. The lowest BCUT2D eigenvalue weighted by atomic mass is 9.72. The summed E-state index contributed by atoms with van der Waals surface area (Å²) in [6.45, 7) is 4.15. The van der Waals surface area contributed by atoms with Crippen molar-refractivity contribution in [3.8, 4) is 0 Å². The molecule has 2 unspecified atom stereocenters. The topological polar surface area (TPSA) is 90.0 Å². The summed E-state index contributed by atoms with van der Waals surface area (Å²) >= 11 is 5.70. The first-order valence-corrected chi connectivity index (χ1v) is 14.9. The zero-order valence-corrected chi connectivity index (χ0v) is 24.1. The van der Waals surface area contributed by atoms with Crippen molar-refractivity contribution in [3.05, 3.63) is 53.6 Å². The van der Waals surface area contributed by atoms with E-state index in [4.69, 9.17) is 11.6 Å². The van der Waals surface area contributed by atoms with Gasteiger partial charge in [-0.1, -0.05) is 51.7 Å². The van der Waals surface area contributed by atoms with E-state index in [1.807, 2.05) is 43.3 Å². The van der Waals surface area contributed by atoms with E-state index in [-0.39, 0.29) is 16.7 Å². The average Bonchev–Trinajstić information content (AvgIpc) is 2.93. The highest BCUT2D eigenvalue weighted by molar-refractivity contribution is 7.89. The minimum Gasteiger partial charge on any atom is -0.390 e. The van der Waals surface area contributed by atoms with Gasteiger partial charge in [-0.25, -0.2) is 8.42 Å². The van der Waals surface area contributed by atoms with Crippen molar-refractivity contribution < 1.29 is 18.3 Å². The Morgan fingerprint density at radius 2 is 1.76 bits per heavy atom. The average molecular weight is 550 g/mol. The number of hydrogen-bond acceptors (Lipinski definition) is 5. The number of sulfonamides is 1. The van der Waals surface area contributed by atoms with E-state index in [1.54, 1.807) is 25.2 Å². The fraction of sp³-hybridized carbons (Fsp3) is 0.536. The van der Waals surface area contributed by atoms with Crippen LogP contribution in [0.25, 0.3) is 0 Å². The molecular formula is C28H40ClN3O4S. The van der Waals surface area contributed by atoms with E-state index in [1.165, 1.54) is 4.31 Å². The highest BCUT2D eigenvalue weighted by Crippen LogP contribution is 2.48. The molecule has 2 aromatic carbocycles. The molecule has 0 radical (unpaired) electrons. The Balaban J connectivity index is 2.34. The lowest BCUT2D eigenvalue weighted by Crippen LogP contribution is -2.57. The van der Waals surface area contributed by atoms with Crippen LogP contribution in [-0.2, 0) is 14.8 Å². The van der Waals surface area contributed by atoms with Gasteiger partial charge in [0.25, 0.3) is 0 Å². The number of carbonyl (C=O) groups excluding carboxylic acids is 1. The van der Waals surface area contributed by atoms with Crippen molar-refractivity contribution in [2.45, 2.75) is 74.8 Å². The molecule has 0 aliphatic carbocycles. The Kier molecular flexibility index (Phi) is 9.67. The molecule has 0 bridgehead atoms. The quantitative estimate of drug-likeness (QED) is 0.399. The normalized spacial score (nSPS) is 20.6. The van der Waals surface area contributed by atoms with E-state index in [2.05, 4.69) is 19.2 Å². The number of amides is 1. The molecule has 1 heterocycles. The highest BCUT2D eigenvalue weighted by atomic mass is 35.5. The predicted molar refractivity (Wildman–Crippen MR) is 151 cm³/mol. The standard InChI is InChI=1S/C28H40ClN3O4S/c1-6-8-15-28(16-9-7-2)27(34)26(20-11-10-12-21(17-20)30-25(33)19-29)23-18-22(31(3)4)13-14-24(23)37(35,36)32(28)5/h10-14,17-18,26-27,34H,6-9,15-16,19H2,1-5H3,(H,30,33). The van der Waals surface area contributed by atoms with Gasteiger partial charge in [0.2, 0.25) is 15.9 Å². The number of hydrogen-bond donors (Lipinski definition) is 2. The number of benzene rings is 2. The lowest BCUT2D eigenvalue weighted by Gasteiger charge is -2.45. The molecule has 3 rings (SSSR count). The van der Waals surface area contributed by atoms with Gasteiger partial charge in [0.05, 0.1) is 16.5 Å².